The zero-order valence-electron chi connectivity index (χ0n) is 24.9. The van der Waals surface area contributed by atoms with Crippen molar-refractivity contribution in [2.75, 3.05) is 12.4 Å². The predicted molar refractivity (Wildman–Crippen MR) is 179 cm³/mol. The predicted octanol–water partition coefficient (Wildman–Crippen LogP) is 5.99. The highest BCUT2D eigenvalue weighted by molar-refractivity contribution is 7.07. The molecule has 6 rings (SSSR count). The van der Waals surface area contributed by atoms with Gasteiger partial charge in [0.25, 0.3) is 11.5 Å². The molecule has 1 amide bonds. The Labute approximate surface area is 273 Å². The third-order valence-corrected chi connectivity index (χ3v) is 8.66. The summed E-state index contributed by atoms with van der Waals surface area (Å²) in [6, 6.07) is 30.2. The van der Waals surface area contributed by atoms with E-state index in [1.165, 1.54) is 11.3 Å². The van der Waals surface area contributed by atoms with Crippen LogP contribution in [0.3, 0.4) is 0 Å². The number of thiazole rings is 1. The Hall–Kier alpha value is -5.43. The lowest BCUT2D eigenvalue weighted by Gasteiger charge is -2.25. The van der Waals surface area contributed by atoms with Crippen molar-refractivity contribution in [3.05, 3.63) is 155 Å². The maximum atomic E-state index is 14.2. The van der Waals surface area contributed by atoms with E-state index in [-0.39, 0.29) is 18.1 Å². The summed E-state index contributed by atoms with van der Waals surface area (Å²) >= 11 is 7.60. The van der Waals surface area contributed by atoms with Gasteiger partial charge >= 0.3 is 0 Å². The molecule has 4 aromatic carbocycles. The molecule has 0 unspecified atom stereocenters. The van der Waals surface area contributed by atoms with E-state index in [1.54, 1.807) is 67.1 Å². The van der Waals surface area contributed by atoms with Crippen LogP contribution in [0.25, 0.3) is 6.08 Å². The topological polar surface area (TPSA) is 106 Å². The fraction of sp³-hybridized carbons (Fsp3) is 0.111. The quantitative estimate of drug-likeness (QED) is 0.223. The number of rotatable bonds is 8. The van der Waals surface area contributed by atoms with Gasteiger partial charge in [-0.05, 0) is 78.7 Å². The summed E-state index contributed by atoms with van der Waals surface area (Å²) in [7, 11) is 1.57. The third-order valence-electron chi connectivity index (χ3n) is 7.44. The van der Waals surface area contributed by atoms with E-state index >= 15 is 0 Å². The first-order valence-electron chi connectivity index (χ1n) is 14.3. The number of para-hydroxylation sites is 1. The molecule has 1 aromatic heterocycles. The van der Waals surface area contributed by atoms with Gasteiger partial charge < -0.3 is 14.8 Å². The highest BCUT2D eigenvalue weighted by Gasteiger charge is 2.33. The number of anilines is 1. The number of aromatic nitrogens is 1. The highest BCUT2D eigenvalue weighted by atomic mass is 35.5. The molecule has 1 atom stereocenters. The van der Waals surface area contributed by atoms with Gasteiger partial charge in [-0.25, -0.2) is 4.99 Å². The molecular weight excluding hydrogens is 620 g/mol. The Morgan fingerprint density at radius 2 is 1.85 bits per heavy atom. The van der Waals surface area contributed by atoms with E-state index in [9.17, 15) is 9.59 Å². The molecule has 0 spiro atoms. The number of fused-ring (bicyclic) bond motifs is 1. The maximum Gasteiger partial charge on any atom is 0.271 e. The van der Waals surface area contributed by atoms with E-state index < -0.39 is 6.04 Å². The molecule has 2 heterocycles. The number of nitriles is 1. The van der Waals surface area contributed by atoms with Crippen LogP contribution in [0, 0.1) is 11.3 Å². The number of nitrogens with one attached hydrogen (secondary N) is 1. The van der Waals surface area contributed by atoms with Gasteiger partial charge in [-0.15, -0.1) is 0 Å². The number of methoxy groups -OCH3 is 1. The van der Waals surface area contributed by atoms with E-state index in [1.807, 2.05) is 54.6 Å². The van der Waals surface area contributed by atoms with Gasteiger partial charge in [0, 0.05) is 16.3 Å². The minimum Gasteiger partial charge on any atom is -0.497 e. The van der Waals surface area contributed by atoms with Gasteiger partial charge in [0.2, 0.25) is 0 Å². The third kappa shape index (κ3) is 6.35. The second kappa shape index (κ2) is 13.3. The van der Waals surface area contributed by atoms with Crippen molar-refractivity contribution >= 4 is 40.6 Å². The molecule has 1 N–H and O–H groups in total. The molecule has 0 bridgehead atoms. The van der Waals surface area contributed by atoms with Crippen LogP contribution in [-0.2, 0) is 11.4 Å². The fourth-order valence-corrected chi connectivity index (χ4v) is 6.42. The molecule has 0 radical (unpaired) electrons. The molecule has 1 aliphatic rings. The van der Waals surface area contributed by atoms with Crippen molar-refractivity contribution in [1.82, 2.24) is 4.57 Å². The van der Waals surface area contributed by atoms with Crippen LogP contribution in [0.5, 0.6) is 11.5 Å². The van der Waals surface area contributed by atoms with Crippen molar-refractivity contribution in [2.24, 2.45) is 4.99 Å². The molecule has 0 saturated heterocycles. The van der Waals surface area contributed by atoms with E-state index in [0.717, 1.165) is 5.56 Å². The summed E-state index contributed by atoms with van der Waals surface area (Å²) in [5, 5.41) is 12.5. The van der Waals surface area contributed by atoms with Crippen LogP contribution in [0.4, 0.5) is 5.69 Å². The molecule has 10 heteroatoms. The van der Waals surface area contributed by atoms with Crippen LogP contribution >= 0.6 is 22.9 Å². The molecule has 228 valence electrons. The number of nitrogens with zero attached hydrogens (tertiary/aromatic N) is 3. The number of carbonyl (C=O) groups excluding carboxylic acids is 1. The second-order valence-electron chi connectivity index (χ2n) is 10.5. The van der Waals surface area contributed by atoms with Crippen molar-refractivity contribution < 1.29 is 14.3 Å². The standard InChI is InChI=1S/C36H27ClN4O4S/c1-22-32(34(42)40-28-8-4-3-5-9-28)33(25-7-6-10-29(18-25)44-2)41-35(43)31(46-36(41)39-22)19-26-17-27(37)15-16-30(26)45-21-24-13-11-23(20-38)12-14-24/h3-19,33H,21H2,1-2H3,(H,40,42)/b31-19-/t33-/m0/s1. The Morgan fingerprint density at radius 3 is 2.59 bits per heavy atom. The molecule has 0 aliphatic carbocycles. The molecule has 0 saturated carbocycles. The molecule has 46 heavy (non-hydrogen) atoms. The molecule has 5 aromatic rings. The Balaban J connectivity index is 1.43. The summed E-state index contributed by atoms with van der Waals surface area (Å²) in [5.74, 6) is 0.769. The zero-order chi connectivity index (χ0) is 32.2. The van der Waals surface area contributed by atoms with Crippen LogP contribution < -0.4 is 29.7 Å². The maximum absolute atomic E-state index is 14.2. The Morgan fingerprint density at radius 1 is 1.07 bits per heavy atom. The highest BCUT2D eigenvalue weighted by Crippen LogP contribution is 2.32. The van der Waals surface area contributed by atoms with Crippen LogP contribution in [0.2, 0.25) is 5.02 Å². The number of hydrogen-bond acceptors (Lipinski definition) is 7. The van der Waals surface area contributed by atoms with Gasteiger partial charge in [-0.1, -0.05) is 65.4 Å². The fourth-order valence-electron chi connectivity index (χ4n) is 5.20. The van der Waals surface area contributed by atoms with Gasteiger partial charge in [0.1, 0.15) is 18.1 Å². The van der Waals surface area contributed by atoms with E-state index in [4.69, 9.17) is 31.3 Å². The van der Waals surface area contributed by atoms with E-state index in [0.29, 0.717) is 59.5 Å². The minimum absolute atomic E-state index is 0.254. The van der Waals surface area contributed by atoms with E-state index in [2.05, 4.69) is 11.4 Å². The Bertz CT molecular complexity index is 2200. The monoisotopic (exact) mass is 646 g/mol. The number of hydrogen-bond donors (Lipinski definition) is 1. The van der Waals surface area contributed by atoms with Gasteiger partial charge in [-0.3, -0.25) is 14.2 Å². The lowest BCUT2D eigenvalue weighted by molar-refractivity contribution is -0.113. The average Bonchev–Trinajstić information content (AvgIpc) is 3.37. The largest absolute Gasteiger partial charge is 0.497 e. The molecule has 0 fully saturated rings. The minimum atomic E-state index is -0.760. The molecule has 8 nitrogen and oxygen atoms in total. The summed E-state index contributed by atoms with van der Waals surface area (Å²) in [6.45, 7) is 2.03. The van der Waals surface area contributed by atoms with Gasteiger partial charge in [-0.2, -0.15) is 5.26 Å². The summed E-state index contributed by atoms with van der Waals surface area (Å²) in [4.78, 5) is 33.2. The lowest BCUT2D eigenvalue weighted by atomic mass is 9.95. The first kappa shape index (κ1) is 30.6. The lowest BCUT2D eigenvalue weighted by Crippen LogP contribution is -2.40. The number of carbonyl (C=O) groups is 1. The smallest absolute Gasteiger partial charge is 0.271 e. The van der Waals surface area contributed by atoms with Crippen molar-refractivity contribution in [3.8, 4) is 17.6 Å². The molecule has 1 aliphatic heterocycles. The van der Waals surface area contributed by atoms with Crippen molar-refractivity contribution in [2.45, 2.75) is 19.6 Å². The van der Waals surface area contributed by atoms with Crippen LogP contribution in [0.15, 0.2) is 118 Å². The molecular formula is C36H27ClN4O4S. The average molecular weight is 647 g/mol. The second-order valence-corrected chi connectivity index (χ2v) is 11.9. The number of allylic oxidation sites excluding steroid dienone is 1. The first-order chi connectivity index (χ1) is 22.3. The van der Waals surface area contributed by atoms with Crippen LogP contribution in [-0.4, -0.2) is 17.6 Å². The SMILES string of the molecule is COc1cccc([C@H]2C(C(=O)Nc3ccccc3)=C(C)N=c3s/c(=C\c4cc(Cl)ccc4OCc4ccc(C#N)cc4)c(=O)n32)c1. The first-order valence-corrected chi connectivity index (χ1v) is 15.5. The number of amides is 1. The normalized spacial score (nSPS) is 14.2. The number of halogens is 1. The number of ether oxygens (including phenoxy) is 2. The number of benzene rings is 4. The summed E-state index contributed by atoms with van der Waals surface area (Å²) in [5.41, 5.74) is 3.93. The van der Waals surface area contributed by atoms with Crippen LogP contribution in [0.1, 0.15) is 35.2 Å². The Kier molecular flexibility index (Phi) is 8.83. The summed E-state index contributed by atoms with van der Waals surface area (Å²) in [6.07, 6.45) is 1.73. The van der Waals surface area contributed by atoms with Gasteiger partial charge in [0.15, 0.2) is 4.80 Å². The van der Waals surface area contributed by atoms with Crippen molar-refractivity contribution in [1.29, 1.82) is 5.26 Å². The summed E-state index contributed by atoms with van der Waals surface area (Å²) < 4.78 is 13.6. The van der Waals surface area contributed by atoms with Crippen molar-refractivity contribution in [3.63, 3.8) is 0 Å². The van der Waals surface area contributed by atoms with Gasteiger partial charge in [0.05, 0.1) is 40.6 Å². The zero-order valence-corrected chi connectivity index (χ0v) is 26.4.